The molecule has 0 saturated heterocycles. The Morgan fingerprint density at radius 2 is 1.93 bits per heavy atom. The zero-order chi connectivity index (χ0) is 19.0. The van der Waals surface area contributed by atoms with Gasteiger partial charge >= 0.3 is 0 Å². The molecule has 0 saturated carbocycles. The highest BCUT2D eigenvalue weighted by Crippen LogP contribution is 2.36. The first-order valence-corrected chi connectivity index (χ1v) is 10.2. The molecular weight excluding hydrogens is 444 g/mol. The van der Waals surface area contributed by atoms with E-state index in [2.05, 4.69) is 21.2 Å². The molecule has 0 fully saturated rings. The molecule has 0 spiro atoms. The van der Waals surface area contributed by atoms with Gasteiger partial charge in [-0.1, -0.05) is 45.7 Å². The number of aryl methyl sites for hydroxylation is 1. The summed E-state index contributed by atoms with van der Waals surface area (Å²) >= 11 is 11.3. The highest BCUT2D eigenvalue weighted by molar-refractivity contribution is 9.10. The number of hydrogen-bond acceptors (Lipinski definition) is 3. The zero-order valence-electron chi connectivity index (χ0n) is 14.3. The fourth-order valence-electron chi connectivity index (χ4n) is 2.72. The summed E-state index contributed by atoms with van der Waals surface area (Å²) in [7, 11) is 0. The van der Waals surface area contributed by atoms with Gasteiger partial charge in [-0.3, -0.25) is 4.79 Å². The lowest BCUT2D eigenvalue weighted by molar-refractivity contribution is 0.102. The Bertz CT molecular complexity index is 1140. The number of anilines is 1. The van der Waals surface area contributed by atoms with Gasteiger partial charge in [0.25, 0.3) is 5.91 Å². The summed E-state index contributed by atoms with van der Waals surface area (Å²) in [5, 5.41) is 4.42. The Kier molecular flexibility index (Phi) is 5.00. The van der Waals surface area contributed by atoms with E-state index in [9.17, 15) is 4.79 Å². The molecule has 0 aliphatic rings. The number of thiazole rings is 1. The number of carbonyl (C=O) groups excluding carboxylic acids is 1. The van der Waals surface area contributed by atoms with Gasteiger partial charge in [-0.15, -0.1) is 11.3 Å². The molecule has 0 radical (unpaired) electrons. The Balaban J connectivity index is 1.73. The number of rotatable bonds is 3. The molecule has 0 bridgehead atoms. The first kappa shape index (κ1) is 18.2. The average Bonchev–Trinajstić information content (AvgIpc) is 3.09. The molecule has 0 unspecified atom stereocenters. The van der Waals surface area contributed by atoms with Gasteiger partial charge in [0, 0.05) is 20.6 Å². The first-order chi connectivity index (χ1) is 13.0. The van der Waals surface area contributed by atoms with Crippen LogP contribution in [-0.4, -0.2) is 10.9 Å². The van der Waals surface area contributed by atoms with Gasteiger partial charge in [-0.05, 0) is 55.0 Å². The molecule has 134 valence electrons. The summed E-state index contributed by atoms with van der Waals surface area (Å²) < 4.78 is 2.03. The lowest BCUT2D eigenvalue weighted by Crippen LogP contribution is -2.12. The third-order valence-electron chi connectivity index (χ3n) is 4.19. The fraction of sp³-hybridized carbons (Fsp3) is 0.0476. The number of nitrogens with zero attached hydrogens (tertiary/aromatic N) is 1. The van der Waals surface area contributed by atoms with E-state index >= 15 is 0 Å². The minimum absolute atomic E-state index is 0.207. The third-order valence-corrected chi connectivity index (χ3v) is 6.16. The maximum Gasteiger partial charge on any atom is 0.255 e. The van der Waals surface area contributed by atoms with Gasteiger partial charge in [-0.25, -0.2) is 4.98 Å². The highest BCUT2D eigenvalue weighted by atomic mass is 79.9. The van der Waals surface area contributed by atoms with Gasteiger partial charge in [0.1, 0.15) is 5.01 Å². The van der Waals surface area contributed by atoms with Crippen molar-refractivity contribution in [2.75, 3.05) is 5.32 Å². The lowest BCUT2D eigenvalue weighted by Gasteiger charge is -2.11. The normalized spacial score (nSPS) is 10.9. The van der Waals surface area contributed by atoms with Crippen molar-refractivity contribution in [1.29, 1.82) is 0 Å². The maximum absolute atomic E-state index is 12.7. The standard InChI is InChI=1S/C21H14BrClN2OS/c1-12-6-7-13(10-16(12)23)20(26)24-17-9-8-14(22)11-15(17)21-25-18-4-2-3-5-19(18)27-21/h2-11H,1H3,(H,24,26). The second-order valence-corrected chi connectivity index (χ2v) is 8.45. The highest BCUT2D eigenvalue weighted by Gasteiger charge is 2.15. The van der Waals surface area contributed by atoms with Crippen LogP contribution in [0.4, 0.5) is 5.69 Å². The van der Waals surface area contributed by atoms with Crippen LogP contribution in [0.3, 0.4) is 0 Å². The van der Waals surface area contributed by atoms with Gasteiger partial charge < -0.3 is 5.32 Å². The van der Waals surface area contributed by atoms with Crippen LogP contribution in [0.2, 0.25) is 5.02 Å². The first-order valence-electron chi connectivity index (χ1n) is 8.24. The monoisotopic (exact) mass is 456 g/mol. The Labute approximate surface area is 174 Å². The summed E-state index contributed by atoms with van der Waals surface area (Å²) in [6.45, 7) is 1.91. The Hall–Kier alpha value is -2.21. The molecule has 0 aliphatic heterocycles. The molecule has 0 aliphatic carbocycles. The van der Waals surface area contributed by atoms with E-state index in [0.717, 1.165) is 30.8 Å². The second-order valence-electron chi connectivity index (χ2n) is 6.09. The summed E-state index contributed by atoms with van der Waals surface area (Å²) in [5.41, 5.74) is 3.98. The minimum atomic E-state index is -0.207. The van der Waals surface area contributed by atoms with Crippen LogP contribution in [0, 0.1) is 6.92 Å². The van der Waals surface area contributed by atoms with Crippen molar-refractivity contribution in [3.05, 3.63) is 81.3 Å². The topological polar surface area (TPSA) is 42.0 Å². The molecule has 27 heavy (non-hydrogen) atoms. The maximum atomic E-state index is 12.7. The fourth-order valence-corrected chi connectivity index (χ4v) is 4.26. The summed E-state index contributed by atoms with van der Waals surface area (Å²) in [6, 6.07) is 19.0. The van der Waals surface area contributed by atoms with Crippen LogP contribution in [0.1, 0.15) is 15.9 Å². The van der Waals surface area contributed by atoms with Crippen LogP contribution in [0.5, 0.6) is 0 Å². The molecule has 4 aromatic rings. The number of nitrogens with one attached hydrogen (secondary N) is 1. The van der Waals surface area contributed by atoms with Crippen LogP contribution >= 0.6 is 38.9 Å². The number of halogens is 2. The van der Waals surface area contributed by atoms with E-state index < -0.39 is 0 Å². The molecular formula is C21H14BrClN2OS. The lowest BCUT2D eigenvalue weighted by atomic mass is 10.1. The average molecular weight is 458 g/mol. The predicted octanol–water partition coefficient (Wildman–Crippen LogP) is 6.94. The molecule has 4 rings (SSSR count). The molecule has 1 amide bonds. The zero-order valence-corrected chi connectivity index (χ0v) is 17.5. The predicted molar refractivity (Wildman–Crippen MR) is 117 cm³/mol. The van der Waals surface area contributed by atoms with Gasteiger partial charge in [0.15, 0.2) is 0 Å². The van der Waals surface area contributed by atoms with Crippen LogP contribution in [0.25, 0.3) is 20.8 Å². The molecule has 3 nitrogen and oxygen atoms in total. The molecule has 1 aromatic heterocycles. The van der Waals surface area contributed by atoms with Crippen molar-refractivity contribution < 1.29 is 4.79 Å². The molecule has 0 atom stereocenters. The van der Waals surface area contributed by atoms with Gasteiger partial charge in [-0.2, -0.15) is 0 Å². The van der Waals surface area contributed by atoms with Crippen LogP contribution < -0.4 is 5.32 Å². The molecule has 1 heterocycles. The summed E-state index contributed by atoms with van der Waals surface area (Å²) in [5.74, 6) is -0.207. The van der Waals surface area contributed by atoms with E-state index in [1.807, 2.05) is 55.5 Å². The summed E-state index contributed by atoms with van der Waals surface area (Å²) in [6.07, 6.45) is 0. The van der Waals surface area contributed by atoms with E-state index in [0.29, 0.717) is 16.3 Å². The van der Waals surface area contributed by atoms with Crippen molar-refractivity contribution in [3.8, 4) is 10.6 Å². The van der Waals surface area contributed by atoms with E-state index in [-0.39, 0.29) is 5.91 Å². The van der Waals surface area contributed by atoms with Crippen LogP contribution in [-0.2, 0) is 0 Å². The number of benzene rings is 3. The summed E-state index contributed by atoms with van der Waals surface area (Å²) in [4.78, 5) is 17.4. The quantitative estimate of drug-likeness (QED) is 0.362. The number of para-hydroxylation sites is 1. The smallest absolute Gasteiger partial charge is 0.255 e. The second kappa shape index (κ2) is 7.43. The number of carbonyl (C=O) groups is 1. The van der Waals surface area contributed by atoms with Crippen molar-refractivity contribution in [1.82, 2.24) is 4.98 Å². The van der Waals surface area contributed by atoms with Crippen molar-refractivity contribution in [2.24, 2.45) is 0 Å². The van der Waals surface area contributed by atoms with Crippen molar-refractivity contribution in [3.63, 3.8) is 0 Å². The van der Waals surface area contributed by atoms with E-state index in [1.165, 1.54) is 0 Å². The molecule has 3 aromatic carbocycles. The third kappa shape index (κ3) is 3.76. The van der Waals surface area contributed by atoms with Gasteiger partial charge in [0.05, 0.1) is 15.9 Å². The minimum Gasteiger partial charge on any atom is -0.321 e. The number of aromatic nitrogens is 1. The SMILES string of the molecule is Cc1ccc(C(=O)Nc2ccc(Br)cc2-c2nc3ccccc3s2)cc1Cl. The number of fused-ring (bicyclic) bond motifs is 1. The van der Waals surface area contributed by atoms with E-state index in [1.54, 1.807) is 23.5 Å². The number of amides is 1. The molecule has 6 heteroatoms. The van der Waals surface area contributed by atoms with Gasteiger partial charge in [0.2, 0.25) is 0 Å². The van der Waals surface area contributed by atoms with E-state index in [4.69, 9.17) is 16.6 Å². The Morgan fingerprint density at radius 3 is 2.70 bits per heavy atom. The number of hydrogen-bond donors (Lipinski definition) is 1. The molecule has 1 N–H and O–H groups in total. The Morgan fingerprint density at radius 1 is 1.11 bits per heavy atom. The largest absolute Gasteiger partial charge is 0.321 e. The van der Waals surface area contributed by atoms with Crippen molar-refractivity contribution in [2.45, 2.75) is 6.92 Å². The van der Waals surface area contributed by atoms with Crippen LogP contribution in [0.15, 0.2) is 65.1 Å². The van der Waals surface area contributed by atoms with Crippen molar-refractivity contribution >= 4 is 60.7 Å².